The van der Waals surface area contributed by atoms with E-state index in [1.165, 1.54) is 31.0 Å². The highest BCUT2D eigenvalue weighted by atomic mass is 32.2. The van der Waals surface area contributed by atoms with Crippen molar-refractivity contribution in [3.63, 3.8) is 0 Å². The molecule has 1 aliphatic carbocycles. The van der Waals surface area contributed by atoms with E-state index in [-0.39, 0.29) is 17.4 Å². The molecule has 0 aliphatic heterocycles. The van der Waals surface area contributed by atoms with Crippen LogP contribution in [0.2, 0.25) is 0 Å². The van der Waals surface area contributed by atoms with E-state index in [2.05, 4.69) is 0 Å². The molecular formula is C15H19NO5S. The number of carbonyl (C=O) groups excluding carboxylic acids is 1. The van der Waals surface area contributed by atoms with Gasteiger partial charge >= 0.3 is 5.97 Å². The number of hydrogen-bond acceptors (Lipinski definition) is 6. The summed E-state index contributed by atoms with van der Waals surface area (Å²) in [7, 11) is 1.44. The number of nitrogens with zero attached hydrogens (tertiary/aromatic N) is 1. The van der Waals surface area contributed by atoms with Crippen LogP contribution in [0.25, 0.3) is 0 Å². The van der Waals surface area contributed by atoms with Crippen molar-refractivity contribution in [2.24, 2.45) is 0 Å². The highest BCUT2D eigenvalue weighted by Gasteiger charge is 2.27. The van der Waals surface area contributed by atoms with E-state index >= 15 is 0 Å². The maximum Gasteiger partial charge on any atom is 0.345 e. The highest BCUT2D eigenvalue weighted by Crippen LogP contribution is 2.35. The first-order valence-corrected chi connectivity index (χ1v) is 8.40. The fourth-order valence-electron chi connectivity index (χ4n) is 2.58. The van der Waals surface area contributed by atoms with Crippen LogP contribution in [-0.4, -0.2) is 30.4 Å². The number of ether oxygens (including phenoxy) is 2. The molecule has 0 spiro atoms. The van der Waals surface area contributed by atoms with Gasteiger partial charge in [-0.25, -0.2) is 4.79 Å². The molecule has 22 heavy (non-hydrogen) atoms. The summed E-state index contributed by atoms with van der Waals surface area (Å²) in [5.74, 6) is -0.245. The lowest BCUT2D eigenvalue weighted by atomic mass is 9.98. The van der Waals surface area contributed by atoms with Crippen molar-refractivity contribution in [1.82, 2.24) is 0 Å². The summed E-state index contributed by atoms with van der Waals surface area (Å²) in [5, 5.41) is 11.2. The number of nitro benzene ring substituents is 1. The minimum absolute atomic E-state index is 0.0132. The maximum absolute atomic E-state index is 12.3. The molecule has 0 aromatic heterocycles. The van der Waals surface area contributed by atoms with Crippen LogP contribution in [0.4, 0.5) is 5.69 Å². The predicted molar refractivity (Wildman–Crippen MR) is 83.7 cm³/mol. The third-order valence-corrected chi connectivity index (χ3v) is 4.50. The van der Waals surface area contributed by atoms with Crippen molar-refractivity contribution >= 4 is 23.4 Å². The summed E-state index contributed by atoms with van der Waals surface area (Å²) in [6, 6.07) is 2.76. The van der Waals surface area contributed by atoms with Gasteiger partial charge in [-0.2, -0.15) is 0 Å². The highest BCUT2D eigenvalue weighted by molar-refractivity contribution is 7.98. The lowest BCUT2D eigenvalue weighted by Crippen LogP contribution is -2.21. The number of thioether (sulfide) groups is 1. The number of hydrogen-bond donors (Lipinski definition) is 0. The van der Waals surface area contributed by atoms with Crippen LogP contribution >= 0.6 is 11.8 Å². The Hall–Kier alpha value is -1.76. The van der Waals surface area contributed by atoms with E-state index in [4.69, 9.17) is 9.47 Å². The standard InChI is InChI=1S/C15H19NO5S/c1-20-13-9-12(16(18)19)11(8-14(13)22-2)15(17)21-10-6-4-3-5-7-10/h8-10H,3-7H2,1-2H3. The lowest BCUT2D eigenvalue weighted by molar-refractivity contribution is -0.385. The molecule has 6 nitrogen and oxygen atoms in total. The average molecular weight is 325 g/mol. The van der Waals surface area contributed by atoms with Crippen molar-refractivity contribution in [2.75, 3.05) is 13.4 Å². The van der Waals surface area contributed by atoms with Gasteiger partial charge in [0, 0.05) is 0 Å². The van der Waals surface area contributed by atoms with Gasteiger partial charge in [0.1, 0.15) is 17.4 Å². The van der Waals surface area contributed by atoms with Gasteiger partial charge < -0.3 is 9.47 Å². The van der Waals surface area contributed by atoms with Crippen molar-refractivity contribution in [1.29, 1.82) is 0 Å². The van der Waals surface area contributed by atoms with Crippen molar-refractivity contribution < 1.29 is 19.2 Å². The monoisotopic (exact) mass is 325 g/mol. The summed E-state index contributed by atoms with van der Waals surface area (Å²) in [6.45, 7) is 0. The minimum atomic E-state index is -0.628. The molecule has 0 heterocycles. The average Bonchev–Trinajstić information content (AvgIpc) is 2.54. The SMILES string of the molecule is COc1cc([N+](=O)[O-])c(C(=O)OC2CCCCC2)cc1SC. The molecule has 0 saturated heterocycles. The van der Waals surface area contributed by atoms with E-state index in [1.54, 1.807) is 0 Å². The second-order valence-electron chi connectivity index (χ2n) is 5.15. The van der Waals surface area contributed by atoms with Crippen LogP contribution in [0, 0.1) is 10.1 Å². The first-order chi connectivity index (χ1) is 10.6. The number of nitro groups is 1. The van der Waals surface area contributed by atoms with Gasteiger partial charge in [0.2, 0.25) is 0 Å². The van der Waals surface area contributed by atoms with Crippen LogP contribution in [0.1, 0.15) is 42.5 Å². The molecule has 1 saturated carbocycles. The Bertz CT molecular complexity index is 569. The lowest BCUT2D eigenvalue weighted by Gasteiger charge is -2.22. The Balaban J connectivity index is 2.30. The second-order valence-corrected chi connectivity index (χ2v) is 5.99. The van der Waals surface area contributed by atoms with E-state index in [0.29, 0.717) is 10.6 Å². The topological polar surface area (TPSA) is 78.7 Å². The number of esters is 1. The van der Waals surface area contributed by atoms with Crippen molar-refractivity contribution in [2.45, 2.75) is 43.1 Å². The normalized spacial score (nSPS) is 15.4. The molecular weight excluding hydrogens is 306 g/mol. The number of methoxy groups -OCH3 is 1. The predicted octanol–water partition coefficient (Wildman–Crippen LogP) is 3.81. The smallest absolute Gasteiger partial charge is 0.345 e. The summed E-state index contributed by atoms with van der Waals surface area (Å²) >= 11 is 1.36. The third-order valence-electron chi connectivity index (χ3n) is 3.74. The van der Waals surface area contributed by atoms with Crippen LogP contribution in [0.5, 0.6) is 5.75 Å². The molecule has 1 aliphatic rings. The molecule has 0 radical (unpaired) electrons. The molecule has 0 unspecified atom stereocenters. The first-order valence-electron chi connectivity index (χ1n) is 7.18. The Labute approximate surface area is 133 Å². The summed E-state index contributed by atoms with van der Waals surface area (Å²) in [5.41, 5.74) is -0.295. The molecule has 1 aromatic carbocycles. The molecule has 7 heteroatoms. The van der Waals surface area contributed by atoms with Gasteiger partial charge in [0.15, 0.2) is 0 Å². The van der Waals surface area contributed by atoms with E-state index in [0.717, 1.165) is 32.1 Å². The zero-order valence-corrected chi connectivity index (χ0v) is 13.5. The summed E-state index contributed by atoms with van der Waals surface area (Å²) in [4.78, 5) is 23.6. The van der Waals surface area contributed by atoms with E-state index in [9.17, 15) is 14.9 Å². The first kappa shape index (κ1) is 16.6. The van der Waals surface area contributed by atoms with Gasteiger partial charge in [0.25, 0.3) is 5.69 Å². The molecule has 1 aromatic rings. The van der Waals surface area contributed by atoms with Crippen LogP contribution < -0.4 is 4.74 Å². The largest absolute Gasteiger partial charge is 0.495 e. The number of rotatable bonds is 5. The fourth-order valence-corrected chi connectivity index (χ4v) is 3.16. The summed E-state index contributed by atoms with van der Waals surface area (Å²) < 4.78 is 10.6. The molecule has 2 rings (SSSR count). The van der Waals surface area contributed by atoms with Crippen LogP contribution in [0.15, 0.2) is 17.0 Å². The van der Waals surface area contributed by atoms with Gasteiger partial charge in [-0.1, -0.05) is 6.42 Å². The Morgan fingerprint density at radius 3 is 2.55 bits per heavy atom. The van der Waals surface area contributed by atoms with E-state index < -0.39 is 10.9 Å². The Morgan fingerprint density at radius 2 is 2.00 bits per heavy atom. The Morgan fingerprint density at radius 1 is 1.32 bits per heavy atom. The number of benzene rings is 1. The molecule has 0 atom stereocenters. The zero-order chi connectivity index (χ0) is 16.1. The summed E-state index contributed by atoms with van der Waals surface area (Å²) in [6.07, 6.45) is 6.53. The van der Waals surface area contributed by atoms with Crippen molar-refractivity contribution in [3.8, 4) is 5.75 Å². The van der Waals surface area contributed by atoms with Gasteiger partial charge in [-0.15, -0.1) is 11.8 Å². The van der Waals surface area contributed by atoms with Crippen LogP contribution in [0.3, 0.4) is 0 Å². The van der Waals surface area contributed by atoms with Crippen LogP contribution in [-0.2, 0) is 4.74 Å². The molecule has 0 amide bonds. The van der Waals surface area contributed by atoms with Gasteiger partial charge in [-0.3, -0.25) is 10.1 Å². The number of carbonyl (C=O) groups is 1. The quantitative estimate of drug-likeness (QED) is 0.354. The molecule has 120 valence electrons. The van der Waals surface area contributed by atoms with E-state index in [1.807, 2.05) is 6.26 Å². The zero-order valence-electron chi connectivity index (χ0n) is 12.7. The second kappa shape index (κ2) is 7.49. The maximum atomic E-state index is 12.3. The fraction of sp³-hybridized carbons (Fsp3) is 0.533. The van der Waals surface area contributed by atoms with Gasteiger partial charge in [0.05, 0.1) is 23.0 Å². The van der Waals surface area contributed by atoms with Crippen molar-refractivity contribution in [3.05, 3.63) is 27.8 Å². The molecule has 0 bridgehead atoms. The molecule has 0 N–H and O–H groups in total. The Kier molecular flexibility index (Phi) is 5.65. The molecule has 1 fully saturated rings. The van der Waals surface area contributed by atoms with Gasteiger partial charge in [-0.05, 0) is 38.0 Å². The third kappa shape index (κ3) is 3.71. The minimum Gasteiger partial charge on any atom is -0.495 e.